The summed E-state index contributed by atoms with van der Waals surface area (Å²) in [5.74, 6) is 0.942. The van der Waals surface area contributed by atoms with E-state index in [4.69, 9.17) is 10.5 Å². The number of benzene rings is 2. The third-order valence-corrected chi connectivity index (χ3v) is 3.43. The fourth-order valence-corrected chi connectivity index (χ4v) is 1.90. The molecule has 0 saturated heterocycles. The topological polar surface area (TPSA) is 35.2 Å². The van der Waals surface area contributed by atoms with Crippen LogP contribution >= 0.6 is 0 Å². The number of anilines is 1. The molecule has 0 heterocycles. The SMILES string of the molecule is Cc1cccc(OCc2cccc(N)c2C)c1C. The lowest BCUT2D eigenvalue weighted by molar-refractivity contribution is 0.303. The molecule has 2 heteroatoms. The van der Waals surface area contributed by atoms with Gasteiger partial charge in [0.2, 0.25) is 0 Å². The zero-order valence-electron chi connectivity index (χ0n) is 11.2. The summed E-state index contributed by atoms with van der Waals surface area (Å²) in [6.07, 6.45) is 0. The molecule has 0 aliphatic carbocycles. The first-order valence-electron chi connectivity index (χ1n) is 6.12. The van der Waals surface area contributed by atoms with E-state index in [1.54, 1.807) is 0 Å². The molecule has 0 saturated carbocycles. The van der Waals surface area contributed by atoms with Crippen LogP contribution in [-0.4, -0.2) is 0 Å². The Morgan fingerprint density at radius 1 is 0.944 bits per heavy atom. The maximum Gasteiger partial charge on any atom is 0.122 e. The first-order valence-corrected chi connectivity index (χ1v) is 6.12. The summed E-state index contributed by atoms with van der Waals surface area (Å²) in [4.78, 5) is 0. The molecule has 0 spiro atoms. The molecular weight excluding hydrogens is 222 g/mol. The summed E-state index contributed by atoms with van der Waals surface area (Å²) >= 11 is 0. The van der Waals surface area contributed by atoms with Gasteiger partial charge < -0.3 is 10.5 Å². The molecule has 0 fully saturated rings. The fourth-order valence-electron chi connectivity index (χ4n) is 1.90. The molecule has 0 aromatic heterocycles. The van der Waals surface area contributed by atoms with Crippen LogP contribution in [0, 0.1) is 20.8 Å². The van der Waals surface area contributed by atoms with Crippen molar-refractivity contribution in [3.8, 4) is 5.75 Å². The highest BCUT2D eigenvalue weighted by atomic mass is 16.5. The Morgan fingerprint density at radius 2 is 1.67 bits per heavy atom. The summed E-state index contributed by atoms with van der Waals surface area (Å²) in [5, 5.41) is 0. The molecule has 0 unspecified atom stereocenters. The molecular formula is C16H19NO. The van der Waals surface area contributed by atoms with Crippen molar-refractivity contribution < 1.29 is 4.74 Å². The van der Waals surface area contributed by atoms with Gasteiger partial charge in [0.25, 0.3) is 0 Å². The minimum atomic E-state index is 0.557. The number of rotatable bonds is 3. The number of hydrogen-bond acceptors (Lipinski definition) is 2. The highest BCUT2D eigenvalue weighted by Crippen LogP contribution is 2.23. The lowest BCUT2D eigenvalue weighted by Gasteiger charge is -2.13. The van der Waals surface area contributed by atoms with Crippen molar-refractivity contribution in [3.63, 3.8) is 0 Å². The quantitative estimate of drug-likeness (QED) is 0.830. The fraction of sp³-hybridized carbons (Fsp3) is 0.250. The minimum absolute atomic E-state index is 0.557. The molecule has 2 nitrogen and oxygen atoms in total. The Morgan fingerprint density at radius 3 is 2.44 bits per heavy atom. The normalized spacial score (nSPS) is 10.4. The second-order valence-electron chi connectivity index (χ2n) is 4.62. The summed E-state index contributed by atoms with van der Waals surface area (Å²) in [5.41, 5.74) is 11.4. The first-order chi connectivity index (χ1) is 8.59. The molecule has 0 radical (unpaired) electrons. The van der Waals surface area contributed by atoms with Gasteiger partial charge in [-0.05, 0) is 55.2 Å². The number of nitrogens with two attached hydrogens (primary N) is 1. The van der Waals surface area contributed by atoms with Crippen molar-refractivity contribution in [2.24, 2.45) is 0 Å². The summed E-state index contributed by atoms with van der Waals surface area (Å²) in [6.45, 7) is 6.75. The van der Waals surface area contributed by atoms with Crippen molar-refractivity contribution in [1.29, 1.82) is 0 Å². The van der Waals surface area contributed by atoms with Crippen LogP contribution in [0.1, 0.15) is 22.3 Å². The molecule has 0 bridgehead atoms. The standard InChI is InChI=1S/C16H19NO/c1-11-6-4-9-16(12(11)2)18-10-14-7-5-8-15(17)13(14)3/h4-9H,10,17H2,1-3H3. The molecule has 94 valence electrons. The van der Waals surface area contributed by atoms with Crippen molar-refractivity contribution in [2.75, 3.05) is 5.73 Å². The molecule has 0 amide bonds. The van der Waals surface area contributed by atoms with Crippen LogP contribution in [0.15, 0.2) is 36.4 Å². The minimum Gasteiger partial charge on any atom is -0.489 e. The van der Waals surface area contributed by atoms with Crippen LogP contribution in [0.5, 0.6) is 5.75 Å². The number of nitrogen functional groups attached to an aromatic ring is 1. The maximum atomic E-state index is 5.89. The van der Waals surface area contributed by atoms with Crippen molar-refractivity contribution in [2.45, 2.75) is 27.4 Å². The highest BCUT2D eigenvalue weighted by molar-refractivity contribution is 5.50. The molecule has 0 aliphatic rings. The van der Waals surface area contributed by atoms with Gasteiger partial charge in [-0.15, -0.1) is 0 Å². The molecule has 0 atom stereocenters. The van der Waals surface area contributed by atoms with E-state index in [1.807, 2.05) is 31.2 Å². The van der Waals surface area contributed by atoms with Crippen LogP contribution in [0.4, 0.5) is 5.69 Å². The smallest absolute Gasteiger partial charge is 0.122 e. The van der Waals surface area contributed by atoms with Crippen molar-refractivity contribution in [1.82, 2.24) is 0 Å². The largest absolute Gasteiger partial charge is 0.489 e. The van der Waals surface area contributed by atoms with Gasteiger partial charge in [0.15, 0.2) is 0 Å². The zero-order valence-corrected chi connectivity index (χ0v) is 11.2. The lowest BCUT2D eigenvalue weighted by Crippen LogP contribution is -2.01. The van der Waals surface area contributed by atoms with E-state index in [2.05, 4.69) is 26.0 Å². The molecule has 2 aromatic carbocycles. The molecule has 2 aromatic rings. The van der Waals surface area contributed by atoms with E-state index in [9.17, 15) is 0 Å². The molecule has 18 heavy (non-hydrogen) atoms. The molecule has 0 aliphatic heterocycles. The van der Waals surface area contributed by atoms with E-state index in [0.717, 1.165) is 22.6 Å². The van der Waals surface area contributed by atoms with Crippen molar-refractivity contribution >= 4 is 5.69 Å². The van der Waals surface area contributed by atoms with Gasteiger partial charge in [0.05, 0.1) is 0 Å². The average Bonchev–Trinajstić information content (AvgIpc) is 2.36. The maximum absolute atomic E-state index is 5.89. The Kier molecular flexibility index (Phi) is 3.56. The predicted octanol–water partition coefficient (Wildman–Crippen LogP) is 3.77. The third-order valence-electron chi connectivity index (χ3n) is 3.43. The summed E-state index contributed by atoms with van der Waals surface area (Å²) in [6, 6.07) is 12.0. The highest BCUT2D eigenvalue weighted by Gasteiger charge is 2.05. The van der Waals surface area contributed by atoms with Gasteiger partial charge >= 0.3 is 0 Å². The summed E-state index contributed by atoms with van der Waals surface area (Å²) in [7, 11) is 0. The van der Waals surface area contributed by atoms with Gasteiger partial charge in [-0.2, -0.15) is 0 Å². The third kappa shape index (κ3) is 2.48. The van der Waals surface area contributed by atoms with Crippen LogP contribution in [0.3, 0.4) is 0 Å². The number of aryl methyl sites for hydroxylation is 1. The summed E-state index contributed by atoms with van der Waals surface area (Å²) < 4.78 is 5.88. The number of hydrogen-bond donors (Lipinski definition) is 1. The second kappa shape index (κ2) is 5.13. The monoisotopic (exact) mass is 241 g/mol. The van der Waals surface area contributed by atoms with Gasteiger partial charge in [0.1, 0.15) is 12.4 Å². The zero-order chi connectivity index (χ0) is 13.1. The Bertz CT molecular complexity index is 510. The van der Waals surface area contributed by atoms with E-state index in [0.29, 0.717) is 6.61 Å². The lowest BCUT2D eigenvalue weighted by atomic mass is 10.1. The Labute approximate surface area is 108 Å². The van der Waals surface area contributed by atoms with Gasteiger partial charge in [-0.1, -0.05) is 24.3 Å². The predicted molar refractivity (Wildman–Crippen MR) is 75.8 cm³/mol. The van der Waals surface area contributed by atoms with Gasteiger partial charge in [-0.3, -0.25) is 0 Å². The molecule has 2 N–H and O–H groups in total. The Hall–Kier alpha value is -1.96. The van der Waals surface area contributed by atoms with Crippen LogP contribution in [0.25, 0.3) is 0 Å². The Balaban J connectivity index is 2.17. The van der Waals surface area contributed by atoms with Gasteiger partial charge in [-0.25, -0.2) is 0 Å². The van der Waals surface area contributed by atoms with E-state index in [-0.39, 0.29) is 0 Å². The van der Waals surface area contributed by atoms with Crippen LogP contribution < -0.4 is 10.5 Å². The molecule has 2 rings (SSSR count). The number of ether oxygens (including phenoxy) is 1. The average molecular weight is 241 g/mol. The first kappa shape index (κ1) is 12.5. The van der Waals surface area contributed by atoms with E-state index < -0.39 is 0 Å². The van der Waals surface area contributed by atoms with Gasteiger partial charge in [0, 0.05) is 5.69 Å². The second-order valence-corrected chi connectivity index (χ2v) is 4.62. The van der Waals surface area contributed by atoms with Crippen LogP contribution in [0.2, 0.25) is 0 Å². The van der Waals surface area contributed by atoms with E-state index >= 15 is 0 Å². The van der Waals surface area contributed by atoms with Crippen molar-refractivity contribution in [3.05, 3.63) is 58.7 Å². The van der Waals surface area contributed by atoms with Crippen LogP contribution in [-0.2, 0) is 6.61 Å². The van der Waals surface area contributed by atoms with E-state index in [1.165, 1.54) is 11.1 Å².